The zero-order valence-corrected chi connectivity index (χ0v) is 33.3. The van der Waals surface area contributed by atoms with Crippen LogP contribution in [0.4, 0.5) is 0 Å². The first-order valence-corrected chi connectivity index (χ1v) is 18.8. The van der Waals surface area contributed by atoms with Crippen LogP contribution < -0.4 is 42.2 Å². The molecule has 6 amide bonds. The number of ether oxygens (including phenoxy) is 4. The first-order valence-electron chi connectivity index (χ1n) is 18.8. The average molecular weight is 793 g/mol. The molecule has 0 unspecified atom stereocenters. The van der Waals surface area contributed by atoms with E-state index in [1.165, 1.54) is 14.2 Å². The minimum Gasteiger partial charge on any atom is -0.493 e. The molecule has 0 saturated heterocycles. The van der Waals surface area contributed by atoms with Gasteiger partial charge in [0, 0.05) is 31.7 Å². The largest absolute Gasteiger partial charge is 0.493 e. The molecule has 8 N–H and O–H groups in total. The lowest BCUT2D eigenvalue weighted by Crippen LogP contribution is -2.53. The molecule has 0 spiro atoms. The highest BCUT2D eigenvalue weighted by atomic mass is 16.5. The maximum absolute atomic E-state index is 13.0. The molecule has 6 atom stereocenters. The molecule has 18 heteroatoms. The third kappa shape index (κ3) is 18.8. The maximum atomic E-state index is 13.0. The summed E-state index contributed by atoms with van der Waals surface area (Å²) >= 11 is 0. The van der Waals surface area contributed by atoms with E-state index in [0.717, 1.165) is 0 Å². The van der Waals surface area contributed by atoms with Crippen molar-refractivity contribution in [2.45, 2.75) is 116 Å². The molecule has 1 aromatic rings. The summed E-state index contributed by atoms with van der Waals surface area (Å²) in [6.45, 7) is 7.57. The summed E-state index contributed by atoms with van der Waals surface area (Å²) < 4.78 is 21.1. The molecule has 0 aromatic heterocycles. The van der Waals surface area contributed by atoms with Crippen LogP contribution in [0.5, 0.6) is 11.5 Å². The number of benzene rings is 1. The molecule has 0 aliphatic heterocycles. The van der Waals surface area contributed by atoms with Crippen molar-refractivity contribution in [2.24, 2.45) is 23.3 Å². The first-order chi connectivity index (χ1) is 26.6. The van der Waals surface area contributed by atoms with Gasteiger partial charge in [-0.15, -0.1) is 0 Å². The van der Waals surface area contributed by atoms with Crippen molar-refractivity contribution >= 4 is 47.4 Å². The Labute approximate surface area is 328 Å². The van der Waals surface area contributed by atoms with Gasteiger partial charge in [0.25, 0.3) is 0 Å². The Hall–Kier alpha value is -5.42. The number of hydrogen-bond donors (Lipinski definition) is 6. The van der Waals surface area contributed by atoms with Crippen molar-refractivity contribution < 1.29 is 57.3 Å². The van der Waals surface area contributed by atoms with E-state index in [4.69, 9.17) is 30.4 Å². The lowest BCUT2D eigenvalue weighted by atomic mass is 9.98. The van der Waals surface area contributed by atoms with Crippen LogP contribution >= 0.6 is 0 Å². The lowest BCUT2D eigenvalue weighted by molar-refractivity contribution is -0.147. The number of hydrogen-bond acceptors (Lipinski definition) is 12. The summed E-state index contributed by atoms with van der Waals surface area (Å²) in [5.74, 6) is -4.29. The molecule has 0 aliphatic rings. The first kappa shape index (κ1) is 48.6. The zero-order valence-electron chi connectivity index (χ0n) is 33.3. The Morgan fingerprint density at radius 3 is 1.30 bits per heavy atom. The van der Waals surface area contributed by atoms with Crippen molar-refractivity contribution in [1.82, 2.24) is 21.3 Å². The van der Waals surface area contributed by atoms with Crippen LogP contribution in [-0.4, -0.2) is 99.0 Å². The van der Waals surface area contributed by atoms with Gasteiger partial charge in [-0.25, -0.2) is 9.59 Å². The van der Waals surface area contributed by atoms with Gasteiger partial charge in [-0.05, 0) is 49.7 Å². The summed E-state index contributed by atoms with van der Waals surface area (Å²) in [6, 6.07) is 2.67. The minimum atomic E-state index is -1.10. The Morgan fingerprint density at radius 2 is 0.982 bits per heavy atom. The SMILES string of the molecule is CC[C@H](C)[C@H](NC(=O)[C@H](CCC(N)=O)NC(=O)CCCOc1cccc(OCCCC(=O)N[C@@H](CCC(N)=O)C(=O)N[C@H](C(=O)OC)[C@@H](C)CC)c1)C(=O)OC. The topological polar surface area (TPSA) is 274 Å². The number of nitrogens with one attached hydrogen (secondary N) is 4. The molecule has 18 nitrogen and oxygen atoms in total. The highest BCUT2D eigenvalue weighted by Crippen LogP contribution is 2.20. The van der Waals surface area contributed by atoms with E-state index in [2.05, 4.69) is 21.3 Å². The van der Waals surface area contributed by atoms with Crippen LogP contribution in [0.3, 0.4) is 0 Å². The fourth-order valence-electron chi connectivity index (χ4n) is 5.24. The third-order valence-electron chi connectivity index (χ3n) is 9.03. The van der Waals surface area contributed by atoms with Crippen molar-refractivity contribution in [3.05, 3.63) is 24.3 Å². The Balaban J connectivity index is 2.65. The number of nitrogens with two attached hydrogens (primary N) is 2. The second-order valence-corrected chi connectivity index (χ2v) is 13.4. The van der Waals surface area contributed by atoms with Crippen LogP contribution in [0, 0.1) is 11.8 Å². The smallest absolute Gasteiger partial charge is 0.328 e. The molecule has 314 valence electrons. The van der Waals surface area contributed by atoms with E-state index in [1.54, 1.807) is 38.1 Å². The number of carbonyl (C=O) groups excluding carboxylic acids is 8. The zero-order chi connectivity index (χ0) is 42.2. The van der Waals surface area contributed by atoms with Gasteiger partial charge in [-0.3, -0.25) is 28.8 Å². The average Bonchev–Trinajstić information content (AvgIpc) is 3.17. The van der Waals surface area contributed by atoms with Crippen LogP contribution in [0.1, 0.15) is 91.9 Å². The molecule has 0 heterocycles. The lowest BCUT2D eigenvalue weighted by Gasteiger charge is -2.25. The van der Waals surface area contributed by atoms with Gasteiger partial charge in [0.05, 0.1) is 27.4 Å². The number of amides is 6. The van der Waals surface area contributed by atoms with Gasteiger partial charge in [-0.2, -0.15) is 0 Å². The summed E-state index contributed by atoms with van der Waals surface area (Å²) in [7, 11) is 2.43. The Bertz CT molecular complexity index is 1370. The molecular weight excluding hydrogens is 732 g/mol. The second-order valence-electron chi connectivity index (χ2n) is 13.4. The summed E-state index contributed by atoms with van der Waals surface area (Å²) in [5.41, 5.74) is 10.5. The molecule has 1 rings (SSSR count). The van der Waals surface area contributed by atoms with Gasteiger partial charge in [0.1, 0.15) is 35.7 Å². The normalized spacial score (nSPS) is 14.0. The van der Waals surface area contributed by atoms with Crippen LogP contribution in [-0.2, 0) is 47.8 Å². The Kier molecular flexibility index (Phi) is 22.9. The fourth-order valence-corrected chi connectivity index (χ4v) is 5.24. The van der Waals surface area contributed by atoms with Gasteiger partial charge in [-0.1, -0.05) is 46.6 Å². The molecule has 1 aromatic carbocycles. The van der Waals surface area contributed by atoms with Crippen LogP contribution in [0.25, 0.3) is 0 Å². The van der Waals surface area contributed by atoms with Crippen LogP contribution in [0.15, 0.2) is 24.3 Å². The predicted molar refractivity (Wildman–Crippen MR) is 203 cm³/mol. The van der Waals surface area contributed by atoms with Gasteiger partial charge in [0.15, 0.2) is 0 Å². The summed E-state index contributed by atoms with van der Waals surface area (Å²) in [4.78, 5) is 98.8. The van der Waals surface area contributed by atoms with E-state index in [0.29, 0.717) is 24.3 Å². The third-order valence-corrected chi connectivity index (χ3v) is 9.03. The van der Waals surface area contributed by atoms with E-state index in [9.17, 15) is 38.4 Å². The van der Waals surface area contributed by atoms with Crippen molar-refractivity contribution in [1.29, 1.82) is 0 Å². The molecule has 0 saturated carbocycles. The quantitative estimate of drug-likeness (QED) is 0.0511. The number of rotatable bonds is 28. The van der Waals surface area contributed by atoms with E-state index in [-0.39, 0.29) is 76.4 Å². The van der Waals surface area contributed by atoms with E-state index < -0.39 is 71.5 Å². The number of carbonyl (C=O) groups is 8. The highest BCUT2D eigenvalue weighted by Gasteiger charge is 2.32. The van der Waals surface area contributed by atoms with E-state index >= 15 is 0 Å². The van der Waals surface area contributed by atoms with E-state index in [1.807, 2.05) is 13.8 Å². The molecule has 0 radical (unpaired) electrons. The number of primary amides is 2. The number of methoxy groups -OCH3 is 2. The molecular formula is C38H60N6O12. The Morgan fingerprint density at radius 1 is 0.607 bits per heavy atom. The van der Waals surface area contributed by atoms with Gasteiger partial charge in [0.2, 0.25) is 35.4 Å². The predicted octanol–water partition coefficient (Wildman–Crippen LogP) is 0.913. The molecule has 0 bridgehead atoms. The van der Waals surface area contributed by atoms with Gasteiger partial charge >= 0.3 is 11.9 Å². The number of esters is 2. The fraction of sp³-hybridized carbons (Fsp3) is 0.632. The second kappa shape index (κ2) is 26.4. The van der Waals surface area contributed by atoms with Crippen molar-refractivity contribution in [2.75, 3.05) is 27.4 Å². The van der Waals surface area contributed by atoms with Gasteiger partial charge < -0.3 is 51.7 Å². The van der Waals surface area contributed by atoms with Crippen LogP contribution in [0.2, 0.25) is 0 Å². The van der Waals surface area contributed by atoms with Crippen molar-refractivity contribution in [3.8, 4) is 11.5 Å². The summed E-state index contributed by atoms with van der Waals surface area (Å²) in [5, 5.41) is 10.5. The summed E-state index contributed by atoms with van der Waals surface area (Å²) in [6.07, 6.45) is 1.31. The highest BCUT2D eigenvalue weighted by molar-refractivity contribution is 5.92. The van der Waals surface area contributed by atoms with Crippen molar-refractivity contribution in [3.63, 3.8) is 0 Å². The maximum Gasteiger partial charge on any atom is 0.328 e. The standard InChI is InChI=1S/C38H60N6O12/c1-7-23(3)33(37(51)53-5)43-35(49)27(16-18-29(39)45)41-31(47)14-10-20-55-25-12-9-13-26(22-25)56-21-11-15-32(48)42-28(17-19-30(40)46)36(50)44-34(24(4)8-2)38(52)54-6/h9,12-13,22-24,27-28,33-34H,7-8,10-11,14-21H2,1-6H3,(H2,39,45)(H2,40,46)(H,41,47)(H,42,48)(H,43,49)(H,44,50)/t23-,24-,27-,28-,33-,34-/m0/s1. The minimum absolute atomic E-state index is 0.000824. The molecule has 0 fully saturated rings. The monoisotopic (exact) mass is 792 g/mol. The molecule has 0 aliphatic carbocycles. The molecule has 56 heavy (non-hydrogen) atoms.